The lowest BCUT2D eigenvalue weighted by molar-refractivity contribution is 0.102. The minimum Gasteiger partial charge on any atom is -0.322 e. The first kappa shape index (κ1) is 17.2. The predicted molar refractivity (Wildman–Crippen MR) is 102 cm³/mol. The second kappa shape index (κ2) is 6.84. The molecule has 0 aliphatic carbocycles. The Morgan fingerprint density at radius 3 is 2.30 bits per heavy atom. The van der Waals surface area contributed by atoms with Crippen LogP contribution < -0.4 is 9.62 Å². The summed E-state index contributed by atoms with van der Waals surface area (Å²) in [6.07, 6.45) is 3.66. The van der Waals surface area contributed by atoms with E-state index in [4.69, 9.17) is 0 Å². The fourth-order valence-electron chi connectivity index (χ4n) is 2.95. The Bertz CT molecular complexity index is 1050. The van der Waals surface area contributed by atoms with Gasteiger partial charge in [-0.1, -0.05) is 0 Å². The van der Waals surface area contributed by atoms with Crippen LogP contribution in [0.1, 0.15) is 16.8 Å². The van der Waals surface area contributed by atoms with Crippen LogP contribution in [0.5, 0.6) is 0 Å². The minimum absolute atomic E-state index is 0.166. The molecule has 1 aromatic heterocycles. The van der Waals surface area contributed by atoms with E-state index < -0.39 is 10.0 Å². The maximum Gasteiger partial charge on any atom is 0.255 e. The second-order valence-corrected chi connectivity index (χ2v) is 8.14. The second-order valence-electron chi connectivity index (χ2n) is 6.13. The zero-order valence-corrected chi connectivity index (χ0v) is 15.1. The normalized spacial score (nSPS) is 15.6. The summed E-state index contributed by atoms with van der Waals surface area (Å²) < 4.78 is 27.0. The summed E-state index contributed by atoms with van der Waals surface area (Å²) in [7, 11) is -3.22. The summed E-state index contributed by atoms with van der Waals surface area (Å²) in [4.78, 5) is 16.3. The molecule has 27 heavy (non-hydrogen) atoms. The fourth-order valence-corrected chi connectivity index (χ4v) is 4.52. The van der Waals surface area contributed by atoms with Crippen molar-refractivity contribution in [1.29, 1.82) is 0 Å². The first-order valence-electron chi connectivity index (χ1n) is 8.40. The van der Waals surface area contributed by atoms with Crippen molar-refractivity contribution in [3.63, 3.8) is 0 Å². The molecule has 8 nitrogen and oxygen atoms in total. The summed E-state index contributed by atoms with van der Waals surface area (Å²) in [5, 5.41) is 6.87. The van der Waals surface area contributed by atoms with Gasteiger partial charge in [0.05, 0.1) is 17.1 Å². The average molecular weight is 383 g/mol. The topological polar surface area (TPSA) is 97.2 Å². The Hall–Kier alpha value is -3.20. The van der Waals surface area contributed by atoms with Crippen molar-refractivity contribution >= 4 is 27.3 Å². The van der Waals surface area contributed by atoms with E-state index in [2.05, 4.69) is 15.4 Å². The van der Waals surface area contributed by atoms with E-state index in [1.165, 1.54) is 10.6 Å². The van der Waals surface area contributed by atoms with Crippen LogP contribution in [-0.4, -0.2) is 41.4 Å². The Labute approximate surface area is 156 Å². The molecule has 1 amide bonds. The Morgan fingerprint density at radius 2 is 1.70 bits per heavy atom. The van der Waals surface area contributed by atoms with E-state index in [0.717, 1.165) is 5.69 Å². The quantitative estimate of drug-likeness (QED) is 0.744. The van der Waals surface area contributed by atoms with Crippen molar-refractivity contribution < 1.29 is 13.2 Å². The van der Waals surface area contributed by atoms with Gasteiger partial charge >= 0.3 is 0 Å². The van der Waals surface area contributed by atoms with Gasteiger partial charge in [-0.05, 0) is 55.0 Å². The lowest BCUT2D eigenvalue weighted by atomic mass is 10.2. The molecule has 9 heteroatoms. The number of benzene rings is 2. The van der Waals surface area contributed by atoms with Crippen molar-refractivity contribution in [3.8, 4) is 5.69 Å². The van der Waals surface area contributed by atoms with Crippen LogP contribution in [0.15, 0.2) is 61.2 Å². The Balaban J connectivity index is 1.45. The van der Waals surface area contributed by atoms with Gasteiger partial charge in [0.2, 0.25) is 10.0 Å². The van der Waals surface area contributed by atoms with Gasteiger partial charge in [0.1, 0.15) is 12.7 Å². The third-order valence-corrected chi connectivity index (χ3v) is 6.19. The SMILES string of the molecule is O=C(Nc1ccc(-n2cncn2)cc1)c1ccc(N2CCCS2(=O)=O)cc1. The highest BCUT2D eigenvalue weighted by atomic mass is 32.2. The molecule has 0 unspecified atom stereocenters. The van der Waals surface area contributed by atoms with Crippen LogP contribution in [0.4, 0.5) is 11.4 Å². The van der Waals surface area contributed by atoms with Crippen LogP contribution in [0.2, 0.25) is 0 Å². The molecule has 2 heterocycles. The molecule has 2 aromatic carbocycles. The number of nitrogens with one attached hydrogen (secondary N) is 1. The molecule has 4 rings (SSSR count). The number of aromatic nitrogens is 3. The fraction of sp³-hybridized carbons (Fsp3) is 0.167. The maximum atomic E-state index is 12.4. The smallest absolute Gasteiger partial charge is 0.255 e. The van der Waals surface area contributed by atoms with E-state index in [0.29, 0.717) is 29.9 Å². The Kier molecular flexibility index (Phi) is 4.36. The Morgan fingerprint density at radius 1 is 1.00 bits per heavy atom. The van der Waals surface area contributed by atoms with Crippen LogP contribution in [0.3, 0.4) is 0 Å². The van der Waals surface area contributed by atoms with Crippen LogP contribution in [0, 0.1) is 0 Å². The van der Waals surface area contributed by atoms with Crippen LogP contribution in [0.25, 0.3) is 5.69 Å². The number of nitrogens with zero attached hydrogens (tertiary/aromatic N) is 4. The molecule has 3 aromatic rings. The summed E-state index contributed by atoms with van der Waals surface area (Å²) in [6.45, 7) is 0.478. The number of carbonyl (C=O) groups is 1. The van der Waals surface area contributed by atoms with Crippen molar-refractivity contribution in [2.45, 2.75) is 6.42 Å². The summed E-state index contributed by atoms with van der Waals surface area (Å²) in [5.41, 5.74) is 2.52. The number of rotatable bonds is 4. The molecular formula is C18H17N5O3S. The van der Waals surface area contributed by atoms with Crippen LogP contribution in [-0.2, 0) is 10.0 Å². The van der Waals surface area contributed by atoms with Crippen molar-refractivity contribution in [3.05, 3.63) is 66.7 Å². The highest BCUT2D eigenvalue weighted by molar-refractivity contribution is 7.93. The highest BCUT2D eigenvalue weighted by Crippen LogP contribution is 2.24. The van der Waals surface area contributed by atoms with E-state index in [9.17, 15) is 13.2 Å². The molecule has 138 valence electrons. The molecule has 1 aliphatic rings. The molecule has 0 radical (unpaired) electrons. The summed E-state index contributed by atoms with van der Waals surface area (Å²) >= 11 is 0. The maximum absolute atomic E-state index is 12.4. The van der Waals surface area contributed by atoms with Crippen LogP contribution >= 0.6 is 0 Å². The van der Waals surface area contributed by atoms with Gasteiger partial charge in [0, 0.05) is 17.8 Å². The number of hydrogen-bond acceptors (Lipinski definition) is 5. The molecule has 0 bridgehead atoms. The monoisotopic (exact) mass is 383 g/mol. The summed E-state index contributed by atoms with van der Waals surface area (Å²) in [6, 6.07) is 13.8. The molecule has 1 fully saturated rings. The number of anilines is 2. The molecule has 0 spiro atoms. The third kappa shape index (κ3) is 3.54. The third-order valence-electron chi connectivity index (χ3n) is 4.33. The molecule has 1 aliphatic heterocycles. The lowest BCUT2D eigenvalue weighted by Crippen LogP contribution is -2.25. The largest absolute Gasteiger partial charge is 0.322 e. The standard InChI is InChI=1S/C18H17N5O3S/c24-18(21-15-4-8-16(9-5-15)22-13-19-12-20-22)14-2-6-17(7-3-14)23-10-1-11-27(23,25)26/h2-9,12-13H,1,10-11H2,(H,21,24). The molecular weight excluding hydrogens is 366 g/mol. The van der Waals surface area contributed by atoms with E-state index in [-0.39, 0.29) is 11.7 Å². The van der Waals surface area contributed by atoms with E-state index >= 15 is 0 Å². The minimum atomic E-state index is -3.22. The number of sulfonamides is 1. The number of carbonyl (C=O) groups excluding carboxylic acids is 1. The molecule has 1 N–H and O–H groups in total. The van der Waals surface area contributed by atoms with Gasteiger partial charge in [0.15, 0.2) is 0 Å². The van der Waals surface area contributed by atoms with Gasteiger partial charge in [-0.25, -0.2) is 18.1 Å². The molecule has 1 saturated heterocycles. The summed E-state index contributed by atoms with van der Waals surface area (Å²) in [5.74, 6) is -0.0980. The van der Waals surface area contributed by atoms with Gasteiger partial charge in [0.25, 0.3) is 5.91 Å². The predicted octanol–water partition coefficient (Wildman–Crippen LogP) is 2.06. The first-order chi connectivity index (χ1) is 13.0. The van der Waals surface area contributed by atoms with Crippen molar-refractivity contribution in [1.82, 2.24) is 14.8 Å². The van der Waals surface area contributed by atoms with E-state index in [1.807, 2.05) is 12.1 Å². The van der Waals surface area contributed by atoms with Crippen molar-refractivity contribution in [2.75, 3.05) is 21.9 Å². The first-order valence-corrected chi connectivity index (χ1v) is 10.0. The number of hydrogen-bond donors (Lipinski definition) is 1. The number of amides is 1. The zero-order chi connectivity index (χ0) is 18.9. The highest BCUT2D eigenvalue weighted by Gasteiger charge is 2.28. The van der Waals surface area contributed by atoms with Gasteiger partial charge in [-0.15, -0.1) is 0 Å². The lowest BCUT2D eigenvalue weighted by Gasteiger charge is -2.17. The zero-order valence-electron chi connectivity index (χ0n) is 14.3. The molecule has 0 saturated carbocycles. The van der Waals surface area contributed by atoms with Crippen molar-refractivity contribution in [2.24, 2.45) is 0 Å². The average Bonchev–Trinajstić information content (AvgIpc) is 3.32. The van der Waals surface area contributed by atoms with Gasteiger partial charge in [-0.3, -0.25) is 9.10 Å². The van der Waals surface area contributed by atoms with Gasteiger partial charge < -0.3 is 5.32 Å². The van der Waals surface area contributed by atoms with E-state index in [1.54, 1.807) is 47.4 Å². The molecule has 0 atom stereocenters. The van der Waals surface area contributed by atoms with Gasteiger partial charge in [-0.2, -0.15) is 5.10 Å².